The SMILES string of the molecule is Oc1ccc(CC2CCCCN2)c(F)c1. The average Bonchev–Trinajstić information content (AvgIpc) is 2.24. The Balaban J connectivity index is 2.03. The van der Waals surface area contributed by atoms with Crippen LogP contribution >= 0.6 is 0 Å². The predicted octanol–water partition coefficient (Wildman–Crippen LogP) is 2.22. The molecule has 1 saturated heterocycles. The van der Waals surface area contributed by atoms with Crippen LogP contribution in [0.4, 0.5) is 4.39 Å². The number of piperidine rings is 1. The summed E-state index contributed by atoms with van der Waals surface area (Å²) in [5, 5.41) is 12.5. The number of benzene rings is 1. The molecule has 0 bridgehead atoms. The average molecular weight is 209 g/mol. The van der Waals surface area contributed by atoms with Gasteiger partial charge in [-0.2, -0.15) is 0 Å². The zero-order valence-electron chi connectivity index (χ0n) is 8.67. The fourth-order valence-corrected chi connectivity index (χ4v) is 2.07. The van der Waals surface area contributed by atoms with Crippen molar-refractivity contribution < 1.29 is 9.50 Å². The summed E-state index contributed by atoms with van der Waals surface area (Å²) in [5.41, 5.74) is 0.687. The first-order valence-electron chi connectivity index (χ1n) is 5.46. The molecular formula is C12H16FNO. The van der Waals surface area contributed by atoms with Crippen molar-refractivity contribution >= 4 is 0 Å². The minimum atomic E-state index is -0.303. The lowest BCUT2D eigenvalue weighted by atomic mass is 9.97. The number of rotatable bonds is 2. The van der Waals surface area contributed by atoms with Crippen LogP contribution in [0.3, 0.4) is 0 Å². The fourth-order valence-electron chi connectivity index (χ4n) is 2.07. The summed E-state index contributed by atoms with van der Waals surface area (Å²) in [6, 6.07) is 4.78. The van der Waals surface area contributed by atoms with Gasteiger partial charge in [-0.05, 0) is 37.4 Å². The van der Waals surface area contributed by atoms with Gasteiger partial charge in [0.2, 0.25) is 0 Å². The van der Waals surface area contributed by atoms with Crippen molar-refractivity contribution in [1.29, 1.82) is 0 Å². The van der Waals surface area contributed by atoms with Crippen LogP contribution in [0.2, 0.25) is 0 Å². The third-order valence-electron chi connectivity index (χ3n) is 2.92. The molecule has 2 N–H and O–H groups in total. The summed E-state index contributed by atoms with van der Waals surface area (Å²) in [5.74, 6) is -0.310. The zero-order valence-corrected chi connectivity index (χ0v) is 8.67. The highest BCUT2D eigenvalue weighted by Crippen LogP contribution is 2.18. The molecule has 1 aromatic rings. The van der Waals surface area contributed by atoms with Gasteiger partial charge in [-0.3, -0.25) is 0 Å². The standard InChI is InChI=1S/C12H16FNO/c13-12-8-11(15)5-4-9(12)7-10-3-1-2-6-14-10/h4-5,8,10,14-15H,1-3,6-7H2. The lowest BCUT2D eigenvalue weighted by Gasteiger charge is -2.23. The molecule has 1 fully saturated rings. The van der Waals surface area contributed by atoms with Crippen LogP contribution in [0.5, 0.6) is 5.75 Å². The van der Waals surface area contributed by atoms with Gasteiger partial charge in [0.05, 0.1) is 0 Å². The minimum Gasteiger partial charge on any atom is -0.508 e. The van der Waals surface area contributed by atoms with E-state index in [0.717, 1.165) is 13.0 Å². The Morgan fingerprint density at radius 1 is 1.40 bits per heavy atom. The van der Waals surface area contributed by atoms with Gasteiger partial charge in [-0.15, -0.1) is 0 Å². The van der Waals surface area contributed by atoms with E-state index >= 15 is 0 Å². The second kappa shape index (κ2) is 4.62. The summed E-state index contributed by atoms with van der Waals surface area (Å²) < 4.78 is 13.4. The number of hydrogen-bond acceptors (Lipinski definition) is 2. The van der Waals surface area contributed by atoms with E-state index in [4.69, 9.17) is 5.11 Å². The molecule has 1 unspecified atom stereocenters. The Labute approximate surface area is 89.1 Å². The van der Waals surface area contributed by atoms with Gasteiger partial charge < -0.3 is 10.4 Å². The summed E-state index contributed by atoms with van der Waals surface area (Å²) in [4.78, 5) is 0. The van der Waals surface area contributed by atoms with E-state index in [0.29, 0.717) is 18.0 Å². The van der Waals surface area contributed by atoms with Crippen LogP contribution in [0.1, 0.15) is 24.8 Å². The Morgan fingerprint density at radius 3 is 2.93 bits per heavy atom. The van der Waals surface area contributed by atoms with Crippen LogP contribution in [0.25, 0.3) is 0 Å². The van der Waals surface area contributed by atoms with Gasteiger partial charge in [0.25, 0.3) is 0 Å². The van der Waals surface area contributed by atoms with Crippen molar-refractivity contribution in [3.63, 3.8) is 0 Å². The number of hydrogen-bond donors (Lipinski definition) is 2. The van der Waals surface area contributed by atoms with Gasteiger partial charge in [0, 0.05) is 12.1 Å². The molecule has 3 heteroatoms. The molecule has 0 aromatic heterocycles. The first-order chi connectivity index (χ1) is 7.25. The lowest BCUT2D eigenvalue weighted by Crippen LogP contribution is -2.35. The Kier molecular flexibility index (Phi) is 3.21. The van der Waals surface area contributed by atoms with Gasteiger partial charge in [0.15, 0.2) is 0 Å². The van der Waals surface area contributed by atoms with E-state index < -0.39 is 0 Å². The number of phenols is 1. The Hall–Kier alpha value is -1.09. The van der Waals surface area contributed by atoms with E-state index in [9.17, 15) is 4.39 Å². The molecule has 1 aliphatic rings. The predicted molar refractivity (Wildman–Crippen MR) is 57.4 cm³/mol. The quantitative estimate of drug-likeness (QED) is 0.782. The van der Waals surface area contributed by atoms with Crippen molar-refractivity contribution in [2.24, 2.45) is 0 Å². The molecule has 82 valence electrons. The van der Waals surface area contributed by atoms with Crippen LogP contribution in [0, 0.1) is 5.82 Å². The normalized spacial score (nSPS) is 21.5. The van der Waals surface area contributed by atoms with Gasteiger partial charge in [-0.1, -0.05) is 12.5 Å². The van der Waals surface area contributed by atoms with Gasteiger partial charge in [-0.25, -0.2) is 4.39 Å². The van der Waals surface area contributed by atoms with E-state index in [-0.39, 0.29) is 11.6 Å². The fraction of sp³-hybridized carbons (Fsp3) is 0.500. The Bertz CT molecular complexity index is 334. The van der Waals surface area contributed by atoms with Crippen molar-refractivity contribution in [1.82, 2.24) is 5.32 Å². The van der Waals surface area contributed by atoms with Crippen LogP contribution in [0.15, 0.2) is 18.2 Å². The molecule has 0 amide bonds. The minimum absolute atomic E-state index is 0.00662. The maximum absolute atomic E-state index is 13.4. The highest BCUT2D eigenvalue weighted by molar-refractivity contribution is 5.28. The van der Waals surface area contributed by atoms with Gasteiger partial charge in [0.1, 0.15) is 11.6 Å². The largest absolute Gasteiger partial charge is 0.508 e. The van der Waals surface area contributed by atoms with E-state index in [1.807, 2.05) is 0 Å². The highest BCUT2D eigenvalue weighted by Gasteiger charge is 2.14. The summed E-state index contributed by atoms with van der Waals surface area (Å²) in [7, 11) is 0. The van der Waals surface area contributed by atoms with Gasteiger partial charge >= 0.3 is 0 Å². The van der Waals surface area contributed by atoms with E-state index in [1.54, 1.807) is 12.1 Å². The maximum Gasteiger partial charge on any atom is 0.130 e. The molecule has 0 radical (unpaired) electrons. The molecule has 15 heavy (non-hydrogen) atoms. The molecule has 0 saturated carbocycles. The number of phenolic OH excluding ortho intramolecular Hbond substituents is 1. The smallest absolute Gasteiger partial charge is 0.130 e. The molecule has 2 nitrogen and oxygen atoms in total. The third-order valence-corrected chi connectivity index (χ3v) is 2.92. The van der Waals surface area contributed by atoms with E-state index in [2.05, 4.69) is 5.32 Å². The Morgan fingerprint density at radius 2 is 2.27 bits per heavy atom. The van der Waals surface area contributed by atoms with Crippen molar-refractivity contribution in [3.8, 4) is 5.75 Å². The van der Waals surface area contributed by atoms with Crippen molar-refractivity contribution in [2.75, 3.05) is 6.54 Å². The molecular weight excluding hydrogens is 193 g/mol. The monoisotopic (exact) mass is 209 g/mol. The van der Waals surface area contributed by atoms with Crippen molar-refractivity contribution in [3.05, 3.63) is 29.6 Å². The summed E-state index contributed by atoms with van der Waals surface area (Å²) in [6.07, 6.45) is 4.26. The van der Waals surface area contributed by atoms with Crippen molar-refractivity contribution in [2.45, 2.75) is 31.7 Å². The third kappa shape index (κ3) is 2.69. The second-order valence-electron chi connectivity index (χ2n) is 4.13. The number of aromatic hydroxyl groups is 1. The highest BCUT2D eigenvalue weighted by atomic mass is 19.1. The number of nitrogens with one attached hydrogen (secondary N) is 1. The lowest BCUT2D eigenvalue weighted by molar-refractivity contribution is 0.394. The summed E-state index contributed by atoms with van der Waals surface area (Å²) in [6.45, 7) is 1.03. The molecule has 0 spiro atoms. The first-order valence-corrected chi connectivity index (χ1v) is 5.46. The topological polar surface area (TPSA) is 32.3 Å². The van der Waals surface area contributed by atoms with E-state index in [1.165, 1.54) is 18.9 Å². The van der Waals surface area contributed by atoms with Crippen LogP contribution in [-0.4, -0.2) is 17.7 Å². The zero-order chi connectivity index (χ0) is 10.7. The van der Waals surface area contributed by atoms with Crippen LogP contribution < -0.4 is 5.32 Å². The number of halogens is 1. The molecule has 1 aliphatic heterocycles. The van der Waals surface area contributed by atoms with Crippen LogP contribution in [-0.2, 0) is 6.42 Å². The second-order valence-corrected chi connectivity index (χ2v) is 4.13. The first kappa shape index (κ1) is 10.4. The molecule has 1 aromatic carbocycles. The molecule has 2 rings (SSSR count). The maximum atomic E-state index is 13.4. The molecule has 0 aliphatic carbocycles. The summed E-state index contributed by atoms with van der Waals surface area (Å²) >= 11 is 0. The molecule has 1 heterocycles. The molecule has 1 atom stereocenters.